The van der Waals surface area contributed by atoms with E-state index in [1.165, 1.54) is 24.3 Å². The summed E-state index contributed by atoms with van der Waals surface area (Å²) in [4.78, 5) is 11.7. The minimum Gasteiger partial charge on any atom is -0.346 e. The van der Waals surface area contributed by atoms with E-state index in [-0.39, 0.29) is 16.5 Å². The monoisotopic (exact) mass is 333 g/mol. The molecule has 0 spiro atoms. The number of amides is 1. The normalized spacial score (nSPS) is 15.6. The molecule has 0 heterocycles. The number of hydrogen-bond donors (Lipinski definition) is 3. The maximum Gasteiger partial charge on any atom is 0.277 e. The van der Waals surface area contributed by atoms with Crippen molar-refractivity contribution in [3.05, 3.63) is 29.8 Å². The molecule has 0 bridgehead atoms. The zero-order valence-corrected chi connectivity index (χ0v) is 12.5. The molecule has 0 atom stereocenters. The van der Waals surface area contributed by atoms with Crippen LogP contribution in [0, 0.1) is 0 Å². The number of carbonyl (C=O) groups is 1. The van der Waals surface area contributed by atoms with Gasteiger partial charge < -0.3 is 11.1 Å². The van der Waals surface area contributed by atoms with Gasteiger partial charge in [0.2, 0.25) is 10.0 Å². The van der Waals surface area contributed by atoms with Crippen molar-refractivity contribution in [1.82, 2.24) is 10.0 Å². The molecule has 4 N–H and O–H groups in total. The fraction of sp³-hybridized carbons (Fsp3) is 0.462. The van der Waals surface area contributed by atoms with Gasteiger partial charge >= 0.3 is 0 Å². The van der Waals surface area contributed by atoms with Crippen molar-refractivity contribution >= 4 is 15.9 Å². The molecule has 6 nitrogen and oxygen atoms in total. The summed E-state index contributed by atoms with van der Waals surface area (Å²) in [5.74, 6) is -3.89. The van der Waals surface area contributed by atoms with Gasteiger partial charge in [0, 0.05) is 11.6 Å². The van der Waals surface area contributed by atoms with Gasteiger partial charge in [-0.05, 0) is 37.1 Å². The summed E-state index contributed by atoms with van der Waals surface area (Å²) in [5, 5.41) is 2.06. The van der Waals surface area contributed by atoms with Crippen LogP contribution in [0.4, 0.5) is 8.78 Å². The van der Waals surface area contributed by atoms with Crippen molar-refractivity contribution in [3.8, 4) is 0 Å². The Balaban J connectivity index is 2.00. The Labute approximate surface area is 127 Å². The summed E-state index contributed by atoms with van der Waals surface area (Å²) in [5.41, 5.74) is 4.96. The standard InChI is InChI=1S/C13H17F2N3O3S/c14-13(15,7-16)8-17-12(19)9-1-5-11(6-2-9)22(20,21)18-10-3-4-10/h1-2,5-6,10,18H,3-4,7-8,16H2,(H,17,19). The summed E-state index contributed by atoms with van der Waals surface area (Å²) in [6.45, 7) is -1.73. The summed E-state index contributed by atoms with van der Waals surface area (Å²) in [6, 6.07) is 5.06. The Morgan fingerprint density at radius 3 is 2.36 bits per heavy atom. The third-order valence-electron chi connectivity index (χ3n) is 3.13. The molecule has 0 saturated heterocycles. The third kappa shape index (κ3) is 4.46. The van der Waals surface area contributed by atoms with Gasteiger partial charge in [0.15, 0.2) is 0 Å². The molecule has 0 aliphatic heterocycles. The van der Waals surface area contributed by atoms with Crippen LogP contribution in [0.2, 0.25) is 0 Å². The maximum atomic E-state index is 12.9. The van der Waals surface area contributed by atoms with Crippen molar-refractivity contribution in [1.29, 1.82) is 0 Å². The number of hydrogen-bond acceptors (Lipinski definition) is 4. The Kier molecular flexibility index (Phi) is 4.78. The first-order valence-corrected chi connectivity index (χ1v) is 8.20. The van der Waals surface area contributed by atoms with E-state index in [1.54, 1.807) is 0 Å². The van der Waals surface area contributed by atoms with E-state index in [0.29, 0.717) is 0 Å². The maximum absolute atomic E-state index is 12.9. The van der Waals surface area contributed by atoms with Crippen molar-refractivity contribution in [3.63, 3.8) is 0 Å². The van der Waals surface area contributed by atoms with Gasteiger partial charge in [0.25, 0.3) is 11.8 Å². The lowest BCUT2D eigenvalue weighted by molar-refractivity contribution is 0.0118. The number of halogens is 2. The first-order chi connectivity index (χ1) is 10.2. The molecule has 1 fully saturated rings. The number of sulfonamides is 1. The number of nitrogens with two attached hydrogens (primary N) is 1. The fourth-order valence-corrected chi connectivity index (χ4v) is 2.96. The molecular formula is C13H17F2N3O3S. The molecule has 0 unspecified atom stereocenters. The SMILES string of the molecule is NCC(F)(F)CNC(=O)c1ccc(S(=O)(=O)NC2CC2)cc1. The number of nitrogens with one attached hydrogen (secondary N) is 2. The summed E-state index contributed by atoms with van der Waals surface area (Å²) < 4.78 is 52.3. The van der Waals surface area contributed by atoms with Gasteiger partial charge in [0.1, 0.15) is 0 Å². The second-order valence-electron chi connectivity index (χ2n) is 5.16. The van der Waals surface area contributed by atoms with Crippen LogP contribution in [-0.2, 0) is 10.0 Å². The molecule has 22 heavy (non-hydrogen) atoms. The molecule has 9 heteroatoms. The van der Waals surface area contributed by atoms with Crippen LogP contribution in [0.3, 0.4) is 0 Å². The van der Waals surface area contributed by atoms with Gasteiger partial charge in [0.05, 0.1) is 18.0 Å². The molecule has 1 amide bonds. The van der Waals surface area contributed by atoms with Crippen molar-refractivity contribution < 1.29 is 22.0 Å². The smallest absolute Gasteiger partial charge is 0.277 e. The van der Waals surface area contributed by atoms with Crippen LogP contribution < -0.4 is 15.8 Å². The number of rotatable bonds is 7. The minimum atomic E-state index is -3.60. The molecule has 0 aromatic heterocycles. The zero-order valence-electron chi connectivity index (χ0n) is 11.7. The van der Waals surface area contributed by atoms with Crippen LogP contribution in [0.25, 0.3) is 0 Å². The van der Waals surface area contributed by atoms with E-state index in [0.717, 1.165) is 12.8 Å². The first kappa shape index (κ1) is 16.8. The highest BCUT2D eigenvalue weighted by molar-refractivity contribution is 7.89. The second kappa shape index (κ2) is 6.27. The van der Waals surface area contributed by atoms with E-state index < -0.39 is 34.9 Å². The van der Waals surface area contributed by atoms with Gasteiger partial charge in [-0.3, -0.25) is 4.79 Å². The average Bonchev–Trinajstić information content (AvgIpc) is 3.28. The molecule has 0 radical (unpaired) electrons. The molecule has 1 aliphatic carbocycles. The van der Waals surface area contributed by atoms with Crippen LogP contribution in [-0.4, -0.2) is 39.4 Å². The highest BCUT2D eigenvalue weighted by Gasteiger charge is 2.29. The molecule has 1 aliphatic rings. The van der Waals surface area contributed by atoms with Crippen LogP contribution in [0.15, 0.2) is 29.2 Å². The largest absolute Gasteiger partial charge is 0.346 e. The predicted octanol–water partition coefficient (Wildman–Crippen LogP) is 0.451. The number of alkyl halides is 2. The van der Waals surface area contributed by atoms with Crippen molar-refractivity contribution in [2.24, 2.45) is 5.73 Å². The molecule has 1 aromatic carbocycles. The summed E-state index contributed by atoms with van der Waals surface area (Å²) >= 11 is 0. The van der Waals surface area contributed by atoms with Crippen LogP contribution in [0.5, 0.6) is 0 Å². The Morgan fingerprint density at radius 1 is 1.27 bits per heavy atom. The second-order valence-corrected chi connectivity index (χ2v) is 6.88. The van der Waals surface area contributed by atoms with E-state index in [2.05, 4.69) is 10.0 Å². The highest BCUT2D eigenvalue weighted by atomic mass is 32.2. The van der Waals surface area contributed by atoms with E-state index >= 15 is 0 Å². The van der Waals surface area contributed by atoms with Crippen LogP contribution >= 0.6 is 0 Å². The summed E-state index contributed by atoms with van der Waals surface area (Å²) in [7, 11) is -3.60. The molecular weight excluding hydrogens is 316 g/mol. The lowest BCUT2D eigenvalue weighted by Crippen LogP contribution is -2.41. The minimum absolute atomic E-state index is 0.0218. The number of carbonyl (C=O) groups excluding carboxylic acids is 1. The Morgan fingerprint density at radius 2 is 1.86 bits per heavy atom. The van der Waals surface area contributed by atoms with E-state index in [9.17, 15) is 22.0 Å². The lowest BCUT2D eigenvalue weighted by atomic mass is 10.2. The van der Waals surface area contributed by atoms with Crippen LogP contribution in [0.1, 0.15) is 23.2 Å². The van der Waals surface area contributed by atoms with Gasteiger partial charge in [-0.2, -0.15) is 0 Å². The van der Waals surface area contributed by atoms with Crippen molar-refractivity contribution in [2.45, 2.75) is 29.7 Å². The molecule has 2 rings (SSSR count). The van der Waals surface area contributed by atoms with Gasteiger partial charge in [-0.1, -0.05) is 0 Å². The first-order valence-electron chi connectivity index (χ1n) is 6.72. The van der Waals surface area contributed by atoms with Crippen molar-refractivity contribution in [2.75, 3.05) is 13.1 Å². The van der Waals surface area contributed by atoms with E-state index in [4.69, 9.17) is 5.73 Å². The molecule has 1 saturated carbocycles. The quantitative estimate of drug-likeness (QED) is 0.674. The predicted molar refractivity (Wildman–Crippen MR) is 76.1 cm³/mol. The Bertz CT molecular complexity index is 643. The molecule has 1 aromatic rings. The lowest BCUT2D eigenvalue weighted by Gasteiger charge is -2.14. The van der Waals surface area contributed by atoms with Gasteiger partial charge in [-0.25, -0.2) is 21.9 Å². The van der Waals surface area contributed by atoms with Gasteiger partial charge in [-0.15, -0.1) is 0 Å². The van der Waals surface area contributed by atoms with E-state index in [1.807, 2.05) is 0 Å². The topological polar surface area (TPSA) is 101 Å². The highest BCUT2D eigenvalue weighted by Crippen LogP contribution is 2.22. The third-order valence-corrected chi connectivity index (χ3v) is 4.67. The fourth-order valence-electron chi connectivity index (χ4n) is 1.66. The Hall–Kier alpha value is -1.58. The number of benzene rings is 1. The zero-order chi connectivity index (χ0) is 16.4. The summed E-state index contributed by atoms with van der Waals surface area (Å²) in [6.07, 6.45) is 1.63. The molecule has 122 valence electrons. The average molecular weight is 333 g/mol.